The molecule has 0 atom stereocenters. The van der Waals surface area contributed by atoms with Gasteiger partial charge >= 0.3 is 6.18 Å². The van der Waals surface area contributed by atoms with E-state index in [1.807, 2.05) is 12.3 Å². The number of rotatable bonds is 3. The van der Waals surface area contributed by atoms with Crippen molar-refractivity contribution < 1.29 is 13.2 Å². The second-order valence-corrected chi connectivity index (χ2v) is 5.82. The predicted molar refractivity (Wildman–Crippen MR) is 73.3 cm³/mol. The van der Waals surface area contributed by atoms with Crippen LogP contribution < -0.4 is 5.32 Å². The van der Waals surface area contributed by atoms with Crippen LogP contribution in [0.25, 0.3) is 0 Å². The summed E-state index contributed by atoms with van der Waals surface area (Å²) >= 11 is 4.68. The molecule has 102 valence electrons. The topological polar surface area (TPSA) is 24.9 Å². The molecule has 0 bridgehead atoms. The normalized spacial score (nSPS) is 11.6. The molecule has 1 N–H and O–H groups in total. The van der Waals surface area contributed by atoms with Gasteiger partial charge in [-0.15, -0.1) is 11.3 Å². The minimum atomic E-state index is -4.33. The number of anilines is 1. The average Bonchev–Trinajstić information content (AvgIpc) is 2.72. The Labute approximate surface area is 120 Å². The summed E-state index contributed by atoms with van der Waals surface area (Å²) < 4.78 is 37.9. The Morgan fingerprint density at radius 3 is 2.63 bits per heavy atom. The van der Waals surface area contributed by atoms with E-state index in [1.165, 1.54) is 17.4 Å². The Balaban J connectivity index is 2.09. The molecule has 7 heteroatoms. The third-order valence-electron chi connectivity index (χ3n) is 2.42. The second-order valence-electron chi connectivity index (χ2n) is 3.90. The molecule has 2 nitrogen and oxygen atoms in total. The molecule has 1 heterocycles. The molecule has 0 aliphatic carbocycles. The molecule has 2 aromatic rings. The van der Waals surface area contributed by atoms with Gasteiger partial charge in [0, 0.05) is 15.5 Å². The van der Waals surface area contributed by atoms with Crippen LogP contribution in [0.1, 0.15) is 16.3 Å². The molecule has 0 unspecified atom stereocenters. The van der Waals surface area contributed by atoms with Gasteiger partial charge in [-0.2, -0.15) is 13.2 Å². The zero-order chi connectivity index (χ0) is 14.0. The molecule has 2 rings (SSSR count). The highest BCUT2D eigenvalue weighted by atomic mass is 79.9. The molecule has 19 heavy (non-hydrogen) atoms. The maximum absolute atomic E-state index is 12.5. The monoisotopic (exact) mass is 350 g/mol. The van der Waals surface area contributed by atoms with Gasteiger partial charge in [-0.3, -0.25) is 0 Å². The van der Waals surface area contributed by atoms with Gasteiger partial charge in [0.25, 0.3) is 0 Å². The third-order valence-corrected chi connectivity index (χ3v) is 3.90. The summed E-state index contributed by atoms with van der Waals surface area (Å²) in [6.45, 7) is 2.39. The van der Waals surface area contributed by atoms with Crippen molar-refractivity contribution in [2.24, 2.45) is 0 Å². The Morgan fingerprint density at radius 2 is 2.11 bits per heavy atom. The van der Waals surface area contributed by atoms with Crippen LogP contribution in [0.15, 0.2) is 28.1 Å². The van der Waals surface area contributed by atoms with Crippen molar-refractivity contribution in [1.29, 1.82) is 0 Å². The highest BCUT2D eigenvalue weighted by Gasteiger charge is 2.30. The van der Waals surface area contributed by atoms with Gasteiger partial charge in [0.1, 0.15) is 0 Å². The number of thiazole rings is 1. The fraction of sp³-hybridized carbons (Fsp3) is 0.250. The second kappa shape index (κ2) is 5.50. The average molecular weight is 351 g/mol. The van der Waals surface area contributed by atoms with Gasteiger partial charge in [0.15, 0.2) is 0 Å². The third kappa shape index (κ3) is 3.70. The Kier molecular flexibility index (Phi) is 4.15. The molecule has 0 amide bonds. The maximum atomic E-state index is 12.5. The summed E-state index contributed by atoms with van der Waals surface area (Å²) in [6, 6.07) is 3.53. The number of benzene rings is 1. The molecule has 0 saturated heterocycles. The number of aryl methyl sites for hydroxylation is 1. The van der Waals surface area contributed by atoms with Crippen molar-refractivity contribution in [3.8, 4) is 0 Å². The van der Waals surface area contributed by atoms with E-state index in [-0.39, 0.29) is 0 Å². The number of hydrogen-bond acceptors (Lipinski definition) is 3. The predicted octanol–water partition coefficient (Wildman–Crippen LogP) is 4.84. The lowest BCUT2D eigenvalue weighted by molar-refractivity contribution is -0.137. The van der Waals surface area contributed by atoms with Crippen molar-refractivity contribution >= 4 is 33.0 Å². The van der Waals surface area contributed by atoms with E-state index in [4.69, 9.17) is 0 Å². The lowest BCUT2D eigenvalue weighted by atomic mass is 10.2. The quantitative estimate of drug-likeness (QED) is 0.856. The number of nitrogens with zero attached hydrogens (tertiary/aromatic N) is 1. The van der Waals surface area contributed by atoms with E-state index in [2.05, 4.69) is 26.2 Å². The van der Waals surface area contributed by atoms with E-state index in [1.54, 1.807) is 0 Å². The molecular formula is C12H10BrF3N2S. The van der Waals surface area contributed by atoms with Crippen LogP contribution in [0.3, 0.4) is 0 Å². The molecule has 0 fully saturated rings. The fourth-order valence-electron chi connectivity index (χ4n) is 1.51. The van der Waals surface area contributed by atoms with Crippen molar-refractivity contribution in [2.45, 2.75) is 19.6 Å². The van der Waals surface area contributed by atoms with E-state index in [0.29, 0.717) is 16.7 Å². The van der Waals surface area contributed by atoms with E-state index < -0.39 is 11.7 Å². The van der Waals surface area contributed by atoms with Gasteiger partial charge in [-0.05, 0) is 41.1 Å². The zero-order valence-corrected chi connectivity index (χ0v) is 12.3. The van der Waals surface area contributed by atoms with Crippen LogP contribution in [0, 0.1) is 6.92 Å². The molecule has 0 radical (unpaired) electrons. The first-order chi connectivity index (χ1) is 8.86. The number of halogens is 4. The molecule has 0 saturated carbocycles. The minimum absolute atomic E-state index is 0.384. The number of hydrogen-bond donors (Lipinski definition) is 1. The van der Waals surface area contributed by atoms with Crippen molar-refractivity contribution in [2.75, 3.05) is 5.32 Å². The molecular weight excluding hydrogens is 341 g/mol. The van der Waals surface area contributed by atoms with E-state index in [9.17, 15) is 13.2 Å². The smallest absolute Gasteiger partial charge is 0.378 e. The van der Waals surface area contributed by atoms with Gasteiger partial charge in [0.2, 0.25) is 0 Å². The minimum Gasteiger partial charge on any atom is -0.378 e. The number of aromatic nitrogens is 1. The van der Waals surface area contributed by atoms with Gasteiger partial charge in [-0.1, -0.05) is 0 Å². The van der Waals surface area contributed by atoms with Gasteiger partial charge in [0.05, 0.1) is 22.8 Å². The van der Waals surface area contributed by atoms with Crippen molar-refractivity contribution in [3.63, 3.8) is 0 Å². The summed E-state index contributed by atoms with van der Waals surface area (Å²) in [6.07, 6.45) is -4.33. The van der Waals surface area contributed by atoms with Crippen LogP contribution in [0.5, 0.6) is 0 Å². The molecule has 0 aliphatic heterocycles. The summed E-state index contributed by atoms with van der Waals surface area (Å²) in [5, 5.41) is 5.93. The summed E-state index contributed by atoms with van der Waals surface area (Å²) in [5.41, 5.74) is 0.808. The lowest BCUT2D eigenvalue weighted by Crippen LogP contribution is -2.06. The van der Waals surface area contributed by atoms with Crippen LogP contribution in [0.4, 0.5) is 18.9 Å². The number of nitrogens with one attached hydrogen (secondary N) is 1. The molecule has 1 aromatic carbocycles. The van der Waals surface area contributed by atoms with Gasteiger partial charge < -0.3 is 5.32 Å². The Bertz CT molecular complexity index is 581. The number of alkyl halides is 3. The van der Waals surface area contributed by atoms with Crippen LogP contribution in [-0.4, -0.2) is 4.98 Å². The highest BCUT2D eigenvalue weighted by Crippen LogP contribution is 2.34. The van der Waals surface area contributed by atoms with Crippen molar-refractivity contribution in [1.82, 2.24) is 4.98 Å². The summed E-state index contributed by atoms with van der Waals surface area (Å²) in [7, 11) is 0. The van der Waals surface area contributed by atoms with Crippen LogP contribution in [0.2, 0.25) is 0 Å². The van der Waals surface area contributed by atoms with Crippen molar-refractivity contribution in [3.05, 3.63) is 44.3 Å². The molecule has 1 aromatic heterocycles. The summed E-state index contributed by atoms with van der Waals surface area (Å²) in [4.78, 5) is 4.27. The Morgan fingerprint density at radius 1 is 1.37 bits per heavy atom. The SMILES string of the molecule is Cc1nc(CNc2ccc(C(F)(F)F)cc2Br)cs1. The molecule has 0 spiro atoms. The first kappa shape index (κ1) is 14.3. The lowest BCUT2D eigenvalue weighted by Gasteiger charge is -2.11. The highest BCUT2D eigenvalue weighted by molar-refractivity contribution is 9.10. The largest absolute Gasteiger partial charge is 0.416 e. The van der Waals surface area contributed by atoms with Crippen LogP contribution >= 0.6 is 27.3 Å². The first-order valence-electron chi connectivity index (χ1n) is 5.38. The zero-order valence-electron chi connectivity index (χ0n) is 9.88. The first-order valence-corrected chi connectivity index (χ1v) is 7.05. The van der Waals surface area contributed by atoms with Gasteiger partial charge in [-0.25, -0.2) is 4.98 Å². The Hall–Kier alpha value is -1.08. The molecule has 0 aliphatic rings. The maximum Gasteiger partial charge on any atom is 0.416 e. The van der Waals surface area contributed by atoms with Crippen LogP contribution in [-0.2, 0) is 12.7 Å². The standard InChI is InChI=1S/C12H10BrF3N2S/c1-7-18-9(6-19-7)5-17-11-3-2-8(4-10(11)13)12(14,15)16/h2-4,6,17H,5H2,1H3. The van der Waals surface area contributed by atoms with E-state index in [0.717, 1.165) is 22.8 Å². The fourth-order valence-corrected chi connectivity index (χ4v) is 2.64. The summed E-state index contributed by atoms with van der Waals surface area (Å²) in [5.74, 6) is 0. The van der Waals surface area contributed by atoms with E-state index >= 15 is 0 Å².